The molecule has 2 aromatic rings. The van der Waals surface area contributed by atoms with Crippen LogP contribution in [0.3, 0.4) is 0 Å². The smallest absolute Gasteiger partial charge is 0.142 e. The predicted octanol–water partition coefficient (Wildman–Crippen LogP) is 3.85. The highest BCUT2D eigenvalue weighted by Crippen LogP contribution is 2.28. The second-order valence-electron chi connectivity index (χ2n) is 6.24. The van der Waals surface area contributed by atoms with Gasteiger partial charge in [0.05, 0.1) is 17.7 Å². The number of nitrogens with two attached hydrogens (primary N) is 1. The van der Waals surface area contributed by atoms with Gasteiger partial charge in [-0.15, -0.1) is 0 Å². The van der Waals surface area contributed by atoms with Gasteiger partial charge in [0.1, 0.15) is 5.82 Å². The molecule has 0 saturated carbocycles. The Balaban J connectivity index is 1.77. The zero-order valence-corrected chi connectivity index (χ0v) is 14.3. The molecule has 0 radical (unpaired) electrons. The molecule has 3 rings (SSSR count). The highest BCUT2D eigenvalue weighted by molar-refractivity contribution is 6.33. The Morgan fingerprint density at radius 2 is 2.00 bits per heavy atom. The van der Waals surface area contributed by atoms with Crippen molar-refractivity contribution in [3.05, 3.63) is 41.6 Å². The van der Waals surface area contributed by atoms with E-state index in [2.05, 4.69) is 48.0 Å². The Bertz CT molecular complexity index is 672. The molecule has 1 fully saturated rings. The molecular weight excluding hydrogens is 310 g/mol. The van der Waals surface area contributed by atoms with Gasteiger partial charge in [-0.25, -0.2) is 4.98 Å². The second-order valence-corrected chi connectivity index (χ2v) is 6.64. The maximum absolute atomic E-state index is 6.05. The Hall–Kier alpha value is -1.78. The summed E-state index contributed by atoms with van der Waals surface area (Å²) >= 11 is 6.05. The molecular formula is C18H22ClN3O. The zero-order valence-electron chi connectivity index (χ0n) is 13.5. The molecule has 122 valence electrons. The van der Waals surface area contributed by atoms with E-state index >= 15 is 0 Å². The van der Waals surface area contributed by atoms with Crippen LogP contribution < -0.4 is 10.6 Å². The summed E-state index contributed by atoms with van der Waals surface area (Å²) in [5, 5.41) is 0.486. The average Bonchev–Trinajstić information content (AvgIpc) is 2.57. The van der Waals surface area contributed by atoms with Crippen molar-refractivity contribution in [3.8, 4) is 11.1 Å². The van der Waals surface area contributed by atoms with Gasteiger partial charge in [-0.3, -0.25) is 0 Å². The van der Waals surface area contributed by atoms with Crippen molar-refractivity contribution in [1.29, 1.82) is 0 Å². The number of anilines is 2. The maximum Gasteiger partial charge on any atom is 0.142 e. The summed E-state index contributed by atoms with van der Waals surface area (Å²) in [6.45, 7) is 7.05. The van der Waals surface area contributed by atoms with Crippen molar-refractivity contribution >= 4 is 23.1 Å². The van der Waals surface area contributed by atoms with Crippen molar-refractivity contribution < 1.29 is 4.74 Å². The van der Waals surface area contributed by atoms with Crippen molar-refractivity contribution in [2.45, 2.75) is 20.0 Å². The number of hydrogen-bond acceptors (Lipinski definition) is 4. The van der Waals surface area contributed by atoms with Crippen molar-refractivity contribution in [3.63, 3.8) is 0 Å². The van der Waals surface area contributed by atoms with Gasteiger partial charge in [0.2, 0.25) is 0 Å². The zero-order chi connectivity index (χ0) is 16.4. The van der Waals surface area contributed by atoms with E-state index in [1.807, 2.05) is 6.07 Å². The lowest BCUT2D eigenvalue weighted by Crippen LogP contribution is -2.44. The van der Waals surface area contributed by atoms with Crippen LogP contribution in [0.1, 0.15) is 13.8 Å². The maximum atomic E-state index is 6.05. The quantitative estimate of drug-likeness (QED) is 0.928. The first-order chi connectivity index (χ1) is 11.0. The molecule has 0 unspecified atom stereocenters. The lowest BCUT2D eigenvalue weighted by Gasteiger charge is -2.36. The van der Waals surface area contributed by atoms with E-state index in [1.165, 1.54) is 5.69 Å². The molecule has 0 bridgehead atoms. The van der Waals surface area contributed by atoms with Crippen LogP contribution >= 0.6 is 11.6 Å². The summed E-state index contributed by atoms with van der Waals surface area (Å²) in [5.41, 5.74) is 8.93. The SMILES string of the molecule is CC(C)[C@@H]1CN(c2ccc(-c3cnc(N)c(Cl)c3)cc2)CCO1. The Labute approximate surface area is 142 Å². The molecule has 1 atom stereocenters. The Morgan fingerprint density at radius 3 is 2.65 bits per heavy atom. The van der Waals surface area contributed by atoms with Crippen LogP contribution in [0.4, 0.5) is 11.5 Å². The summed E-state index contributed by atoms with van der Waals surface area (Å²) in [6, 6.07) is 10.3. The molecule has 1 aliphatic heterocycles. The van der Waals surface area contributed by atoms with E-state index < -0.39 is 0 Å². The predicted molar refractivity (Wildman–Crippen MR) is 95.9 cm³/mol. The average molecular weight is 332 g/mol. The third kappa shape index (κ3) is 3.59. The number of nitrogens with zero attached hydrogens (tertiary/aromatic N) is 2. The molecule has 0 aliphatic carbocycles. The Kier molecular flexibility index (Phi) is 4.74. The monoisotopic (exact) mass is 331 g/mol. The van der Waals surface area contributed by atoms with E-state index in [1.54, 1.807) is 6.20 Å². The lowest BCUT2D eigenvalue weighted by atomic mass is 10.0. The van der Waals surface area contributed by atoms with Gasteiger partial charge in [0.25, 0.3) is 0 Å². The summed E-state index contributed by atoms with van der Waals surface area (Å²) in [7, 11) is 0. The van der Waals surface area contributed by atoms with E-state index in [-0.39, 0.29) is 0 Å². The first-order valence-electron chi connectivity index (χ1n) is 7.92. The highest BCUT2D eigenvalue weighted by atomic mass is 35.5. The number of benzene rings is 1. The molecule has 4 nitrogen and oxygen atoms in total. The van der Waals surface area contributed by atoms with Gasteiger partial charge < -0.3 is 15.4 Å². The fourth-order valence-electron chi connectivity index (χ4n) is 2.78. The molecule has 23 heavy (non-hydrogen) atoms. The van der Waals surface area contributed by atoms with Crippen molar-refractivity contribution in [1.82, 2.24) is 4.98 Å². The highest BCUT2D eigenvalue weighted by Gasteiger charge is 2.23. The number of pyridine rings is 1. The van der Waals surface area contributed by atoms with Crippen molar-refractivity contribution in [2.24, 2.45) is 5.92 Å². The lowest BCUT2D eigenvalue weighted by molar-refractivity contribution is 0.0114. The van der Waals surface area contributed by atoms with Crippen LogP contribution in [-0.2, 0) is 4.74 Å². The van der Waals surface area contributed by atoms with Gasteiger partial charge in [0.15, 0.2) is 0 Å². The summed E-state index contributed by atoms with van der Waals surface area (Å²) in [6.07, 6.45) is 2.04. The number of hydrogen-bond donors (Lipinski definition) is 1. The largest absolute Gasteiger partial charge is 0.382 e. The normalized spacial score (nSPS) is 18.4. The molecule has 0 amide bonds. The number of ether oxygens (including phenoxy) is 1. The van der Waals surface area contributed by atoms with Crippen molar-refractivity contribution in [2.75, 3.05) is 30.3 Å². The molecule has 1 saturated heterocycles. The third-order valence-electron chi connectivity index (χ3n) is 4.27. The Morgan fingerprint density at radius 1 is 1.26 bits per heavy atom. The van der Waals surface area contributed by atoms with Gasteiger partial charge in [0, 0.05) is 30.5 Å². The molecule has 2 N–H and O–H groups in total. The van der Waals surface area contributed by atoms with E-state index in [4.69, 9.17) is 22.1 Å². The van der Waals surface area contributed by atoms with Gasteiger partial charge in [-0.2, -0.15) is 0 Å². The molecule has 5 heteroatoms. The molecule has 1 aliphatic rings. The first-order valence-corrected chi connectivity index (χ1v) is 8.30. The van der Waals surface area contributed by atoms with E-state index in [0.29, 0.717) is 22.9 Å². The summed E-state index contributed by atoms with van der Waals surface area (Å²) in [4.78, 5) is 6.50. The van der Waals surface area contributed by atoms with Crippen LogP contribution in [0.5, 0.6) is 0 Å². The number of aromatic nitrogens is 1. The first kappa shape index (κ1) is 16.1. The fourth-order valence-corrected chi connectivity index (χ4v) is 2.95. The topological polar surface area (TPSA) is 51.4 Å². The number of nitrogen functional groups attached to an aromatic ring is 1. The van der Waals surface area contributed by atoms with Crippen LogP contribution in [0, 0.1) is 5.92 Å². The standard InChI is InChI=1S/C18H22ClN3O/c1-12(2)17-11-22(7-8-23-17)15-5-3-13(4-6-15)14-9-16(19)18(20)21-10-14/h3-6,9-10,12,17H,7-8,11H2,1-2H3,(H2,20,21)/t17-/m0/s1. The van der Waals surface area contributed by atoms with Crippen LogP contribution in [0.25, 0.3) is 11.1 Å². The van der Waals surface area contributed by atoms with Crippen LogP contribution in [-0.4, -0.2) is 30.8 Å². The third-order valence-corrected chi connectivity index (χ3v) is 4.58. The van der Waals surface area contributed by atoms with E-state index in [9.17, 15) is 0 Å². The summed E-state index contributed by atoms with van der Waals surface area (Å²) in [5.74, 6) is 0.889. The van der Waals surface area contributed by atoms with Crippen LogP contribution in [0.2, 0.25) is 5.02 Å². The van der Waals surface area contributed by atoms with Gasteiger partial charge in [-0.05, 0) is 29.7 Å². The van der Waals surface area contributed by atoms with E-state index in [0.717, 1.165) is 30.8 Å². The summed E-state index contributed by atoms with van der Waals surface area (Å²) < 4.78 is 5.83. The number of morpholine rings is 1. The fraction of sp³-hybridized carbons (Fsp3) is 0.389. The van der Waals surface area contributed by atoms with Gasteiger partial charge >= 0.3 is 0 Å². The molecule has 1 aromatic heterocycles. The molecule has 1 aromatic carbocycles. The second kappa shape index (κ2) is 6.77. The number of rotatable bonds is 3. The molecule has 2 heterocycles. The van der Waals surface area contributed by atoms with Gasteiger partial charge in [-0.1, -0.05) is 37.6 Å². The van der Waals surface area contributed by atoms with Crippen LogP contribution in [0.15, 0.2) is 36.5 Å². The minimum atomic E-state index is 0.295. The minimum absolute atomic E-state index is 0.295. The molecule has 0 spiro atoms. The minimum Gasteiger partial charge on any atom is -0.382 e. The number of halogens is 1.